The Morgan fingerprint density at radius 3 is 1.66 bits per heavy atom. The van der Waals surface area contributed by atoms with Gasteiger partial charge in [0.25, 0.3) is 5.88 Å². The predicted molar refractivity (Wildman–Crippen MR) is 197 cm³/mol. The van der Waals surface area contributed by atoms with Gasteiger partial charge >= 0.3 is 0 Å². The average Bonchev–Trinajstić information content (AvgIpc) is 3.88. The lowest BCUT2D eigenvalue weighted by Gasteiger charge is -2.31. The second kappa shape index (κ2) is 11.6. The number of furan rings is 1. The molecule has 252 valence electrons. The van der Waals surface area contributed by atoms with Crippen LogP contribution in [-0.2, 0) is 9.47 Å². The van der Waals surface area contributed by atoms with Crippen LogP contribution in [-0.4, -0.2) is 12.2 Å². The van der Waals surface area contributed by atoms with Crippen LogP contribution in [0.2, 0.25) is 0 Å². The molecular weight excluding hydrogens is 645 g/mol. The molecule has 6 heterocycles. The maximum Gasteiger partial charge on any atom is 0.250 e. The maximum absolute atomic E-state index is 6.35. The summed E-state index contributed by atoms with van der Waals surface area (Å²) in [6, 6.07) is 12.7. The summed E-state index contributed by atoms with van der Waals surface area (Å²) in [5.41, 5.74) is 9.65. The molecule has 0 N–H and O–H groups in total. The summed E-state index contributed by atoms with van der Waals surface area (Å²) < 4.78 is 30.8. The Bertz CT molecular complexity index is 2040. The van der Waals surface area contributed by atoms with Gasteiger partial charge in [-0.15, -0.1) is 11.3 Å². The molecule has 2 aromatic carbocycles. The van der Waals surface area contributed by atoms with Gasteiger partial charge < -0.3 is 23.4 Å². The molecule has 10 rings (SSSR count). The fourth-order valence-corrected chi connectivity index (χ4v) is 8.84. The van der Waals surface area contributed by atoms with E-state index in [2.05, 4.69) is 111 Å². The molecule has 2 aliphatic carbocycles. The number of anilines is 4. The van der Waals surface area contributed by atoms with Crippen LogP contribution in [0.5, 0.6) is 11.5 Å². The predicted octanol–water partition coefficient (Wildman–Crippen LogP) is 10.6. The fraction of sp³-hybridized carbons (Fsp3) is 0.238. The number of aryl methyl sites for hydroxylation is 6. The van der Waals surface area contributed by atoms with Crippen molar-refractivity contribution in [2.75, 3.05) is 9.80 Å². The Balaban J connectivity index is 0.000000135. The van der Waals surface area contributed by atoms with E-state index in [4.69, 9.17) is 23.4 Å². The molecule has 0 bridgehead atoms. The number of fused-ring (bicyclic) bond motifs is 6. The quantitative estimate of drug-likeness (QED) is 0.209. The standard InChI is InChI=1S/C21H19NO3.C21H19NO2S/c1-12-10-13(2)18(14(3)11-12)22-20-17(8-9-23-20)24-19-15-6-4-5-7-16(15)25-21(19)22;1-12-10-13(2)18(14(3)11-12)22-20-19(23-17-8-9-25-21(17)22)15-6-4-5-7-16(15)24-20/h2*4-11,15-16H,1-3H3. The Hall–Kier alpha value is -5.34. The van der Waals surface area contributed by atoms with Crippen molar-refractivity contribution < 1.29 is 23.4 Å². The second-order valence-corrected chi connectivity index (χ2v) is 14.5. The van der Waals surface area contributed by atoms with Crippen LogP contribution in [0.4, 0.5) is 22.3 Å². The molecule has 0 fully saturated rings. The Kier molecular flexibility index (Phi) is 7.14. The van der Waals surface area contributed by atoms with E-state index in [1.165, 1.54) is 39.1 Å². The maximum atomic E-state index is 6.35. The summed E-state index contributed by atoms with van der Waals surface area (Å²) in [5, 5.41) is 3.16. The third-order valence-corrected chi connectivity index (χ3v) is 10.8. The minimum Gasteiger partial charge on any atom is -0.467 e. The Morgan fingerprint density at radius 2 is 1.08 bits per heavy atom. The third-order valence-electron chi connectivity index (χ3n) is 9.88. The molecule has 0 spiro atoms. The normalized spacial score (nSPS) is 23.1. The zero-order chi connectivity index (χ0) is 34.3. The SMILES string of the molecule is Cc1cc(C)c(N2C3=C(Oc4ccoc42)C2C=CC=CC2O3)c(C)c1.Cc1cc(C)c(N2C3=C(Oc4ccsc42)C2C=CC=CC2O3)c(C)c1. The summed E-state index contributed by atoms with van der Waals surface area (Å²) in [5.74, 6) is 5.86. The Morgan fingerprint density at radius 1 is 0.580 bits per heavy atom. The molecule has 0 amide bonds. The van der Waals surface area contributed by atoms with Crippen LogP contribution < -0.4 is 19.3 Å². The van der Waals surface area contributed by atoms with Gasteiger partial charge in [-0.2, -0.15) is 0 Å². The van der Waals surface area contributed by atoms with E-state index < -0.39 is 0 Å². The third kappa shape index (κ3) is 4.76. The summed E-state index contributed by atoms with van der Waals surface area (Å²) in [7, 11) is 0. The molecule has 7 nitrogen and oxygen atoms in total. The Labute approximate surface area is 296 Å². The van der Waals surface area contributed by atoms with Crippen LogP contribution in [0, 0.1) is 53.4 Å². The van der Waals surface area contributed by atoms with E-state index >= 15 is 0 Å². The van der Waals surface area contributed by atoms with Crippen molar-refractivity contribution in [2.24, 2.45) is 11.8 Å². The molecule has 2 aromatic heterocycles. The van der Waals surface area contributed by atoms with Crippen LogP contribution in [0.15, 0.2) is 124 Å². The van der Waals surface area contributed by atoms with E-state index in [1.54, 1.807) is 17.6 Å². The van der Waals surface area contributed by atoms with Gasteiger partial charge in [0, 0.05) is 6.07 Å². The van der Waals surface area contributed by atoms with Crippen molar-refractivity contribution in [1.29, 1.82) is 0 Å². The molecule has 0 saturated carbocycles. The lowest BCUT2D eigenvalue weighted by Crippen LogP contribution is -2.24. The van der Waals surface area contributed by atoms with Crippen LogP contribution in [0.1, 0.15) is 33.4 Å². The van der Waals surface area contributed by atoms with Gasteiger partial charge in [-0.25, -0.2) is 4.90 Å². The van der Waals surface area contributed by atoms with Crippen molar-refractivity contribution in [3.63, 3.8) is 0 Å². The van der Waals surface area contributed by atoms with Gasteiger partial charge in [0.15, 0.2) is 23.0 Å². The van der Waals surface area contributed by atoms with Gasteiger partial charge in [-0.3, -0.25) is 4.90 Å². The van der Waals surface area contributed by atoms with E-state index in [1.807, 2.05) is 30.4 Å². The first-order chi connectivity index (χ1) is 24.3. The van der Waals surface area contributed by atoms with E-state index in [9.17, 15) is 0 Å². The lowest BCUT2D eigenvalue weighted by molar-refractivity contribution is 0.161. The first-order valence-electron chi connectivity index (χ1n) is 17.0. The highest BCUT2D eigenvalue weighted by molar-refractivity contribution is 7.14. The zero-order valence-corrected chi connectivity index (χ0v) is 29.7. The van der Waals surface area contributed by atoms with Crippen molar-refractivity contribution in [2.45, 2.75) is 53.8 Å². The summed E-state index contributed by atoms with van der Waals surface area (Å²) in [6.07, 6.45) is 18.3. The molecule has 0 radical (unpaired) electrons. The highest BCUT2D eigenvalue weighted by Gasteiger charge is 2.46. The molecule has 50 heavy (non-hydrogen) atoms. The van der Waals surface area contributed by atoms with Gasteiger partial charge in [0.1, 0.15) is 17.2 Å². The molecule has 4 aromatic rings. The van der Waals surface area contributed by atoms with E-state index in [0.717, 1.165) is 45.5 Å². The monoisotopic (exact) mass is 682 g/mol. The lowest BCUT2D eigenvalue weighted by atomic mass is 9.97. The number of thiophene rings is 1. The molecule has 6 aliphatic rings. The van der Waals surface area contributed by atoms with Gasteiger partial charge in [0.2, 0.25) is 11.8 Å². The first kappa shape index (κ1) is 30.7. The topological polar surface area (TPSA) is 56.5 Å². The summed E-state index contributed by atoms with van der Waals surface area (Å²) in [4.78, 5) is 4.32. The number of hydrogen-bond donors (Lipinski definition) is 0. The summed E-state index contributed by atoms with van der Waals surface area (Å²) in [6.45, 7) is 12.8. The number of hydrogen-bond acceptors (Lipinski definition) is 8. The molecule has 4 aliphatic heterocycles. The largest absolute Gasteiger partial charge is 0.467 e. The number of rotatable bonds is 2. The molecule has 0 saturated heterocycles. The summed E-state index contributed by atoms with van der Waals surface area (Å²) >= 11 is 1.68. The van der Waals surface area contributed by atoms with E-state index in [0.29, 0.717) is 5.88 Å². The van der Waals surface area contributed by atoms with Gasteiger partial charge in [0.05, 0.1) is 29.5 Å². The first-order valence-corrected chi connectivity index (χ1v) is 17.9. The van der Waals surface area contributed by atoms with Crippen LogP contribution in [0.25, 0.3) is 0 Å². The number of nitrogens with zero attached hydrogens (tertiary/aromatic N) is 2. The van der Waals surface area contributed by atoms with E-state index in [-0.39, 0.29) is 24.0 Å². The second-order valence-electron chi connectivity index (χ2n) is 13.6. The van der Waals surface area contributed by atoms with Crippen LogP contribution >= 0.6 is 11.3 Å². The minimum absolute atomic E-state index is 0.0116. The van der Waals surface area contributed by atoms with Gasteiger partial charge in [-0.1, -0.05) is 71.8 Å². The average molecular weight is 683 g/mol. The fourth-order valence-electron chi connectivity index (χ4n) is 8.02. The minimum atomic E-state index is -0.0347. The number of ether oxygens (including phenoxy) is 4. The molecular formula is C42H38N2O5S. The van der Waals surface area contributed by atoms with Crippen molar-refractivity contribution in [3.05, 3.63) is 153 Å². The molecule has 8 heteroatoms. The smallest absolute Gasteiger partial charge is 0.250 e. The zero-order valence-electron chi connectivity index (χ0n) is 28.9. The van der Waals surface area contributed by atoms with Crippen molar-refractivity contribution in [1.82, 2.24) is 0 Å². The number of benzene rings is 2. The number of allylic oxidation sites excluding steroid dienone is 4. The highest BCUT2D eigenvalue weighted by atomic mass is 32.1. The van der Waals surface area contributed by atoms with Crippen molar-refractivity contribution >= 4 is 33.6 Å². The van der Waals surface area contributed by atoms with Gasteiger partial charge in [-0.05, 0) is 87.4 Å². The van der Waals surface area contributed by atoms with Crippen LogP contribution in [0.3, 0.4) is 0 Å². The highest BCUT2D eigenvalue weighted by Crippen LogP contribution is 2.53. The molecule has 4 atom stereocenters. The van der Waals surface area contributed by atoms with Crippen molar-refractivity contribution in [3.8, 4) is 11.5 Å². The molecule has 4 unspecified atom stereocenters.